The van der Waals surface area contributed by atoms with Gasteiger partial charge in [-0.3, -0.25) is 0 Å². The third-order valence-corrected chi connectivity index (χ3v) is 6.45. The van der Waals surface area contributed by atoms with Crippen LogP contribution >= 0.6 is 23.5 Å². The van der Waals surface area contributed by atoms with E-state index in [1.165, 1.54) is 25.7 Å². The van der Waals surface area contributed by atoms with E-state index in [1.807, 2.05) is 24.5 Å². The fourth-order valence-corrected chi connectivity index (χ4v) is 4.58. The predicted molar refractivity (Wildman–Crippen MR) is 123 cm³/mol. The van der Waals surface area contributed by atoms with Crippen LogP contribution in [0.3, 0.4) is 0 Å². The summed E-state index contributed by atoms with van der Waals surface area (Å²) in [6.45, 7) is 5.72. The smallest absolute Gasteiger partial charge is 0.337 e. The molecule has 0 unspecified atom stereocenters. The fourth-order valence-electron chi connectivity index (χ4n) is 2.97. The van der Waals surface area contributed by atoms with Crippen LogP contribution in [-0.4, -0.2) is 24.6 Å². The number of para-hydroxylation sites is 1. The third-order valence-electron chi connectivity index (χ3n) is 4.54. The largest absolute Gasteiger partial charge is 0.462 e. The van der Waals surface area contributed by atoms with Gasteiger partial charge in [0.2, 0.25) is 0 Å². The highest BCUT2D eigenvalue weighted by Crippen LogP contribution is 2.32. The molecule has 0 atom stereocenters. The molecule has 158 valence electrons. The maximum absolute atomic E-state index is 11.9. The molecule has 0 amide bonds. The number of carbonyl (C=O) groups excluding carboxylic acids is 1. The van der Waals surface area contributed by atoms with Crippen LogP contribution in [0.4, 0.5) is 0 Å². The number of unbranched alkanes of at least 4 members (excludes halogenated alkanes) is 6. The molecule has 0 aliphatic carbocycles. The molecular formula is C23H30O4S2. The van der Waals surface area contributed by atoms with E-state index < -0.39 is 0 Å². The van der Waals surface area contributed by atoms with Crippen molar-refractivity contribution in [3.05, 3.63) is 46.8 Å². The molecule has 1 heterocycles. The van der Waals surface area contributed by atoms with E-state index in [0.29, 0.717) is 17.8 Å². The van der Waals surface area contributed by atoms with Gasteiger partial charge in [0.25, 0.3) is 0 Å². The van der Waals surface area contributed by atoms with E-state index >= 15 is 0 Å². The summed E-state index contributed by atoms with van der Waals surface area (Å²) in [4.78, 5) is 25.2. The summed E-state index contributed by atoms with van der Waals surface area (Å²) < 4.78 is 10.5. The molecule has 0 aliphatic rings. The molecule has 0 radical (unpaired) electrons. The van der Waals surface area contributed by atoms with Crippen LogP contribution in [0, 0.1) is 0 Å². The van der Waals surface area contributed by atoms with Crippen molar-refractivity contribution in [2.24, 2.45) is 0 Å². The van der Waals surface area contributed by atoms with E-state index in [9.17, 15) is 9.59 Å². The minimum absolute atomic E-state index is 0.282. The van der Waals surface area contributed by atoms with Crippen LogP contribution < -0.4 is 5.63 Å². The van der Waals surface area contributed by atoms with Gasteiger partial charge in [0.1, 0.15) is 0 Å². The van der Waals surface area contributed by atoms with E-state index in [-0.39, 0.29) is 11.6 Å². The van der Waals surface area contributed by atoms with Gasteiger partial charge in [0.05, 0.1) is 11.5 Å². The Morgan fingerprint density at radius 1 is 1.07 bits per heavy atom. The first kappa shape index (κ1) is 23.6. The first-order valence-electron chi connectivity index (χ1n) is 10.1. The lowest BCUT2D eigenvalue weighted by Crippen LogP contribution is -2.05. The van der Waals surface area contributed by atoms with Gasteiger partial charge in [-0.2, -0.15) is 0 Å². The Morgan fingerprint density at radius 2 is 1.76 bits per heavy atom. The van der Waals surface area contributed by atoms with Crippen molar-refractivity contribution < 1.29 is 13.9 Å². The lowest BCUT2D eigenvalue weighted by Gasteiger charge is -2.07. The topological polar surface area (TPSA) is 56.5 Å². The van der Waals surface area contributed by atoms with Crippen molar-refractivity contribution in [3.8, 4) is 0 Å². The molecule has 0 bridgehead atoms. The second-order valence-corrected chi connectivity index (χ2v) is 8.99. The van der Waals surface area contributed by atoms with E-state index in [4.69, 9.17) is 9.15 Å². The minimum atomic E-state index is -0.295. The van der Waals surface area contributed by atoms with Crippen LogP contribution in [0.5, 0.6) is 0 Å². The van der Waals surface area contributed by atoms with Crippen molar-refractivity contribution in [2.45, 2.75) is 61.7 Å². The Balaban J connectivity index is 1.62. The van der Waals surface area contributed by atoms with Crippen molar-refractivity contribution in [3.63, 3.8) is 0 Å². The number of hydrogen-bond acceptors (Lipinski definition) is 6. The quantitative estimate of drug-likeness (QED) is 0.119. The van der Waals surface area contributed by atoms with Crippen LogP contribution in [0.2, 0.25) is 0 Å². The van der Waals surface area contributed by atoms with Gasteiger partial charge in [0.15, 0.2) is 5.58 Å². The minimum Gasteiger partial charge on any atom is -0.462 e. The van der Waals surface area contributed by atoms with Crippen LogP contribution in [0.15, 0.2) is 55.4 Å². The van der Waals surface area contributed by atoms with E-state index in [2.05, 4.69) is 6.58 Å². The van der Waals surface area contributed by atoms with Crippen molar-refractivity contribution in [1.82, 2.24) is 0 Å². The average Bonchev–Trinajstić information content (AvgIpc) is 2.71. The first-order chi connectivity index (χ1) is 14.0. The van der Waals surface area contributed by atoms with Gasteiger partial charge < -0.3 is 9.15 Å². The molecule has 1 aromatic heterocycles. The number of benzene rings is 1. The molecule has 0 saturated heterocycles. The standard InChI is InChI=1S/C23H30O4S2/c1-17(2)23(25)26-14-9-7-5-4-6-8-10-15-29-20-16-21(24)27-22-18(20)12-11-13-19(22)28-3/h11-13,16H,1,4-10,14-15H2,2-3H3. The Kier molecular flexibility index (Phi) is 10.4. The van der Waals surface area contributed by atoms with Crippen molar-refractivity contribution >= 4 is 40.5 Å². The highest BCUT2D eigenvalue weighted by Gasteiger charge is 2.09. The summed E-state index contributed by atoms with van der Waals surface area (Å²) in [6.07, 6.45) is 9.88. The van der Waals surface area contributed by atoms with Gasteiger partial charge in [0, 0.05) is 21.9 Å². The molecule has 4 nitrogen and oxygen atoms in total. The van der Waals surface area contributed by atoms with Gasteiger partial charge in [-0.15, -0.1) is 23.5 Å². The van der Waals surface area contributed by atoms with Crippen molar-refractivity contribution in [1.29, 1.82) is 0 Å². The number of esters is 1. The zero-order valence-corrected chi connectivity index (χ0v) is 19.0. The molecule has 0 spiro atoms. The lowest BCUT2D eigenvalue weighted by molar-refractivity contribution is -0.139. The summed E-state index contributed by atoms with van der Waals surface area (Å²) in [5.74, 6) is 0.704. The predicted octanol–water partition coefficient (Wildman–Crippen LogP) is 6.46. The van der Waals surface area contributed by atoms with Gasteiger partial charge in [-0.05, 0) is 37.8 Å². The van der Waals surface area contributed by atoms with Crippen LogP contribution in [0.25, 0.3) is 11.0 Å². The first-order valence-corrected chi connectivity index (χ1v) is 12.3. The number of hydrogen-bond donors (Lipinski definition) is 0. The molecule has 29 heavy (non-hydrogen) atoms. The maximum atomic E-state index is 11.9. The number of carbonyl (C=O) groups is 1. The lowest BCUT2D eigenvalue weighted by atomic mass is 10.1. The Bertz CT molecular complexity index is 873. The molecule has 0 aliphatic heterocycles. The SMILES string of the molecule is C=C(C)C(=O)OCCCCCCCCCSc1cc(=O)oc2c(SC)cccc12. The number of thioether (sulfide) groups is 2. The van der Waals surface area contributed by atoms with E-state index in [1.54, 1.807) is 36.5 Å². The molecule has 0 N–H and O–H groups in total. The van der Waals surface area contributed by atoms with Gasteiger partial charge >= 0.3 is 11.6 Å². The Hall–Kier alpha value is -1.66. The monoisotopic (exact) mass is 434 g/mol. The van der Waals surface area contributed by atoms with Crippen LogP contribution in [0.1, 0.15) is 51.9 Å². The summed E-state index contributed by atoms with van der Waals surface area (Å²) in [5.41, 5.74) is 0.872. The second-order valence-electron chi connectivity index (χ2n) is 7.01. The molecule has 6 heteroatoms. The number of fused-ring (bicyclic) bond motifs is 1. The van der Waals surface area contributed by atoms with Gasteiger partial charge in [-0.25, -0.2) is 9.59 Å². The Morgan fingerprint density at radius 3 is 2.45 bits per heavy atom. The molecule has 0 fully saturated rings. The summed E-state index contributed by atoms with van der Waals surface area (Å²) in [7, 11) is 0. The average molecular weight is 435 g/mol. The van der Waals surface area contributed by atoms with Crippen LogP contribution in [-0.2, 0) is 9.53 Å². The molecule has 1 aromatic carbocycles. The normalized spacial score (nSPS) is 11.0. The van der Waals surface area contributed by atoms with E-state index in [0.717, 1.165) is 40.2 Å². The number of rotatable bonds is 13. The molecule has 2 aromatic rings. The molecule has 0 saturated carbocycles. The fraction of sp³-hybridized carbons (Fsp3) is 0.478. The van der Waals surface area contributed by atoms with Gasteiger partial charge in [-0.1, -0.05) is 50.8 Å². The summed E-state index contributed by atoms with van der Waals surface area (Å²) in [5, 5.41) is 1.02. The zero-order valence-electron chi connectivity index (χ0n) is 17.3. The maximum Gasteiger partial charge on any atom is 0.337 e. The summed E-state index contributed by atoms with van der Waals surface area (Å²) in [6, 6.07) is 7.62. The molecular weight excluding hydrogens is 404 g/mol. The second kappa shape index (κ2) is 12.8. The van der Waals surface area contributed by atoms with Crippen molar-refractivity contribution in [2.75, 3.05) is 18.6 Å². The Labute approximate surface area is 181 Å². The summed E-state index contributed by atoms with van der Waals surface area (Å²) >= 11 is 3.33. The number of ether oxygens (including phenoxy) is 1. The highest BCUT2D eigenvalue weighted by atomic mass is 32.2. The highest BCUT2D eigenvalue weighted by molar-refractivity contribution is 7.99. The molecule has 2 rings (SSSR count). The zero-order chi connectivity index (χ0) is 21.1. The third kappa shape index (κ3) is 7.94.